The summed E-state index contributed by atoms with van der Waals surface area (Å²) in [5, 5.41) is 16.8. The monoisotopic (exact) mass is 588 g/mol. The number of amides is 2. The molecule has 2 amide bonds. The first-order chi connectivity index (χ1) is 18.6. The molecule has 218 valence electrons. The van der Waals surface area contributed by atoms with Crippen LogP contribution >= 0.6 is 23.2 Å². The van der Waals surface area contributed by atoms with Crippen molar-refractivity contribution in [3.05, 3.63) is 57.6 Å². The van der Waals surface area contributed by atoms with E-state index in [1.54, 1.807) is 18.2 Å². The molecule has 0 saturated heterocycles. The number of allylic oxidation sites excluding steroid dienone is 1. The number of carboxylic acid groups (broad SMARTS) is 1. The first-order valence-corrected chi connectivity index (χ1v) is 15.0. The second-order valence-electron chi connectivity index (χ2n) is 14.0. The molecule has 8 heteroatoms. The molecule has 0 radical (unpaired) electrons. The van der Waals surface area contributed by atoms with Gasteiger partial charge in [-0.3, -0.25) is 9.59 Å². The Kier molecular flexibility index (Phi) is 8.56. The number of carboxylic acids is 1. The zero-order chi connectivity index (χ0) is 29.5. The fourth-order valence-corrected chi connectivity index (χ4v) is 7.91. The third-order valence-corrected chi connectivity index (χ3v) is 9.21. The number of benzene rings is 1. The van der Waals surface area contributed by atoms with Crippen LogP contribution in [0.2, 0.25) is 10.0 Å². The Morgan fingerprint density at radius 1 is 1.05 bits per heavy atom. The van der Waals surface area contributed by atoms with Crippen molar-refractivity contribution in [2.24, 2.45) is 22.2 Å². The molecule has 1 aromatic carbocycles. The van der Waals surface area contributed by atoms with Gasteiger partial charge in [-0.2, -0.15) is 0 Å². The summed E-state index contributed by atoms with van der Waals surface area (Å²) in [4.78, 5) is 39.2. The number of carbonyl (C=O) groups is 3. The SMILES string of the molecule is CC(C)(C)CC(C)(C)CC1(C(=O)NC2(C(=O)O)CC2C2=CCC(NC(=O)c3c(Cl)cccc3Cl)C=C2)CCCC1. The van der Waals surface area contributed by atoms with Gasteiger partial charge in [-0.05, 0) is 67.1 Å². The van der Waals surface area contributed by atoms with Crippen LogP contribution in [-0.2, 0) is 9.59 Å². The average Bonchev–Trinajstić information content (AvgIpc) is 3.37. The van der Waals surface area contributed by atoms with Crippen molar-refractivity contribution in [2.45, 2.75) is 97.6 Å². The normalized spacial score (nSPS) is 25.7. The smallest absolute Gasteiger partial charge is 0.330 e. The van der Waals surface area contributed by atoms with E-state index in [0.717, 1.165) is 44.1 Å². The number of halogens is 2. The Balaban J connectivity index is 1.43. The molecule has 3 aliphatic rings. The fraction of sp³-hybridized carbons (Fsp3) is 0.594. The molecule has 3 unspecified atom stereocenters. The van der Waals surface area contributed by atoms with Crippen molar-refractivity contribution in [3.63, 3.8) is 0 Å². The summed E-state index contributed by atoms with van der Waals surface area (Å²) in [7, 11) is 0. The van der Waals surface area contributed by atoms with Crippen molar-refractivity contribution in [3.8, 4) is 0 Å². The van der Waals surface area contributed by atoms with Crippen molar-refractivity contribution in [1.29, 1.82) is 0 Å². The van der Waals surface area contributed by atoms with Crippen LogP contribution in [0.4, 0.5) is 0 Å². The molecule has 4 rings (SSSR count). The Morgan fingerprint density at radius 2 is 1.68 bits per heavy atom. The number of aliphatic carboxylic acids is 1. The maximum Gasteiger partial charge on any atom is 0.330 e. The van der Waals surface area contributed by atoms with Crippen LogP contribution in [0.15, 0.2) is 42.0 Å². The van der Waals surface area contributed by atoms with Crippen molar-refractivity contribution in [1.82, 2.24) is 10.6 Å². The molecular formula is C32H42Cl2N2O4. The van der Waals surface area contributed by atoms with E-state index in [4.69, 9.17) is 23.2 Å². The van der Waals surface area contributed by atoms with Gasteiger partial charge in [0.1, 0.15) is 5.54 Å². The quantitative estimate of drug-likeness (QED) is 0.281. The lowest BCUT2D eigenvalue weighted by molar-refractivity contribution is -0.146. The first-order valence-electron chi connectivity index (χ1n) is 14.3. The van der Waals surface area contributed by atoms with Gasteiger partial charge >= 0.3 is 5.97 Å². The van der Waals surface area contributed by atoms with E-state index < -0.39 is 16.9 Å². The molecule has 6 nitrogen and oxygen atoms in total. The minimum atomic E-state index is -1.29. The summed E-state index contributed by atoms with van der Waals surface area (Å²) in [6.07, 6.45) is 11.9. The predicted molar refractivity (Wildman–Crippen MR) is 160 cm³/mol. The highest BCUT2D eigenvalue weighted by atomic mass is 35.5. The van der Waals surface area contributed by atoms with Crippen LogP contribution in [0.5, 0.6) is 0 Å². The van der Waals surface area contributed by atoms with Crippen LogP contribution < -0.4 is 10.6 Å². The third-order valence-electron chi connectivity index (χ3n) is 8.58. The minimum Gasteiger partial charge on any atom is -0.479 e. The molecular weight excluding hydrogens is 547 g/mol. The van der Waals surface area contributed by atoms with Gasteiger partial charge in [-0.25, -0.2) is 4.79 Å². The molecule has 2 fully saturated rings. The van der Waals surface area contributed by atoms with E-state index in [9.17, 15) is 19.5 Å². The molecule has 40 heavy (non-hydrogen) atoms. The number of hydrogen-bond acceptors (Lipinski definition) is 3. The topological polar surface area (TPSA) is 95.5 Å². The summed E-state index contributed by atoms with van der Waals surface area (Å²) in [6.45, 7) is 11.1. The van der Waals surface area contributed by atoms with Crippen LogP contribution in [-0.4, -0.2) is 34.5 Å². The first kappa shape index (κ1) is 30.6. The fourth-order valence-electron chi connectivity index (χ4n) is 7.34. The molecule has 0 aromatic heterocycles. The molecule has 3 aliphatic carbocycles. The van der Waals surface area contributed by atoms with Crippen molar-refractivity contribution < 1.29 is 19.5 Å². The van der Waals surface area contributed by atoms with Crippen molar-refractivity contribution >= 4 is 41.0 Å². The summed E-state index contributed by atoms with van der Waals surface area (Å²) >= 11 is 12.3. The molecule has 2 saturated carbocycles. The lowest BCUT2D eigenvalue weighted by Crippen LogP contribution is -2.52. The van der Waals surface area contributed by atoms with Gasteiger partial charge < -0.3 is 15.7 Å². The van der Waals surface area contributed by atoms with E-state index in [1.807, 2.05) is 18.2 Å². The summed E-state index contributed by atoms with van der Waals surface area (Å²) in [6, 6.07) is 4.64. The highest BCUT2D eigenvalue weighted by Crippen LogP contribution is 2.53. The maximum atomic E-state index is 13.9. The second-order valence-corrected chi connectivity index (χ2v) is 14.8. The molecule has 0 aliphatic heterocycles. The summed E-state index contributed by atoms with van der Waals surface area (Å²) in [5.41, 5.74) is -0.621. The van der Waals surface area contributed by atoms with Gasteiger partial charge in [0.05, 0.1) is 21.7 Å². The molecule has 0 bridgehead atoms. The standard InChI is InChI=1S/C32H42Cl2N2O4/c1-29(2,3)18-30(4,5)19-31(15-6-7-16-31)27(38)36-32(28(39)40)17-22(32)20-11-13-21(14-12-20)35-26(37)25-23(33)9-8-10-24(25)34/h8-13,21-22H,6-7,14-19H2,1-5H3,(H,35,37)(H,36,38)(H,39,40). The van der Waals surface area contributed by atoms with E-state index in [2.05, 4.69) is 45.3 Å². The lowest BCUT2D eigenvalue weighted by Gasteiger charge is -2.40. The molecule has 0 heterocycles. The van der Waals surface area contributed by atoms with Gasteiger partial charge in [0.15, 0.2) is 0 Å². The predicted octanol–water partition coefficient (Wildman–Crippen LogP) is 7.35. The van der Waals surface area contributed by atoms with Crippen LogP contribution in [0.1, 0.15) is 96.3 Å². The summed E-state index contributed by atoms with van der Waals surface area (Å²) in [5.74, 6) is -1.78. The van der Waals surface area contributed by atoms with Crippen LogP contribution in [0.3, 0.4) is 0 Å². The minimum absolute atomic E-state index is 0.0401. The zero-order valence-corrected chi connectivity index (χ0v) is 25.7. The lowest BCUT2D eigenvalue weighted by atomic mass is 9.65. The van der Waals surface area contributed by atoms with E-state index >= 15 is 0 Å². The molecule has 3 atom stereocenters. The van der Waals surface area contributed by atoms with Gasteiger partial charge in [-0.1, -0.05) is 95.0 Å². The summed E-state index contributed by atoms with van der Waals surface area (Å²) < 4.78 is 0. The van der Waals surface area contributed by atoms with E-state index in [0.29, 0.717) is 12.8 Å². The number of rotatable bonds is 9. The van der Waals surface area contributed by atoms with Gasteiger partial charge in [0, 0.05) is 11.3 Å². The van der Waals surface area contributed by atoms with Crippen LogP contribution in [0, 0.1) is 22.2 Å². The highest BCUT2D eigenvalue weighted by molar-refractivity contribution is 6.39. The van der Waals surface area contributed by atoms with Crippen molar-refractivity contribution in [2.75, 3.05) is 0 Å². The molecule has 3 N–H and O–H groups in total. The molecule has 0 spiro atoms. The van der Waals surface area contributed by atoms with Gasteiger partial charge in [0.25, 0.3) is 5.91 Å². The Hall–Kier alpha value is -2.31. The highest BCUT2D eigenvalue weighted by Gasteiger charge is 2.64. The van der Waals surface area contributed by atoms with Gasteiger partial charge in [-0.15, -0.1) is 0 Å². The number of nitrogens with one attached hydrogen (secondary N) is 2. The Labute approximate surface area is 248 Å². The van der Waals surface area contributed by atoms with Crippen LogP contribution in [0.25, 0.3) is 0 Å². The zero-order valence-electron chi connectivity index (χ0n) is 24.2. The average molecular weight is 590 g/mol. The second kappa shape index (κ2) is 11.2. The maximum absolute atomic E-state index is 13.9. The number of hydrogen-bond donors (Lipinski definition) is 3. The van der Waals surface area contributed by atoms with E-state index in [-0.39, 0.29) is 50.2 Å². The Morgan fingerprint density at radius 3 is 2.20 bits per heavy atom. The van der Waals surface area contributed by atoms with Gasteiger partial charge in [0.2, 0.25) is 5.91 Å². The molecule has 1 aromatic rings. The third kappa shape index (κ3) is 6.60. The Bertz CT molecular complexity index is 1220. The number of carbonyl (C=O) groups excluding carboxylic acids is 2. The van der Waals surface area contributed by atoms with E-state index in [1.165, 1.54) is 0 Å². The largest absolute Gasteiger partial charge is 0.479 e.